The Kier molecular flexibility index (Phi) is 6.19. The largest absolute Gasteiger partial charge is 0.461 e. The van der Waals surface area contributed by atoms with Crippen molar-refractivity contribution in [2.75, 3.05) is 6.61 Å². The number of unbranched alkanes of at least 4 members (excludes halogenated alkanes) is 3. The van der Waals surface area contributed by atoms with Gasteiger partial charge in [-0.1, -0.05) is 25.8 Å². The van der Waals surface area contributed by atoms with Gasteiger partial charge in [0.25, 0.3) is 0 Å². The average molecular weight is 252 g/mol. The van der Waals surface area contributed by atoms with Gasteiger partial charge in [-0.25, -0.2) is 4.79 Å². The van der Waals surface area contributed by atoms with Gasteiger partial charge in [0, 0.05) is 18.4 Å². The average Bonchev–Trinajstić information content (AvgIpc) is 2.66. The minimum absolute atomic E-state index is 0.0986. The minimum Gasteiger partial charge on any atom is -0.461 e. The van der Waals surface area contributed by atoms with Gasteiger partial charge in [0.2, 0.25) is 0 Å². The third-order valence-electron chi connectivity index (χ3n) is 2.75. The molecule has 0 N–H and O–H groups in total. The van der Waals surface area contributed by atoms with Gasteiger partial charge in [0.15, 0.2) is 0 Å². The molecule has 1 saturated heterocycles. The standard InChI is InChI=1S/C14H20O4/c1-3-4-5-6-7-13-12(10-18-14(13)16)8-9-17-11(2)15/h7-9,12H,3-6,10H2,1-2H3/b9-8+,13-7-/t12-/m1/s1. The summed E-state index contributed by atoms with van der Waals surface area (Å²) in [5.74, 6) is -0.729. The van der Waals surface area contributed by atoms with E-state index in [2.05, 4.69) is 6.92 Å². The number of hydrogen-bond donors (Lipinski definition) is 0. The first-order chi connectivity index (χ1) is 8.65. The van der Waals surface area contributed by atoms with Crippen LogP contribution in [0.25, 0.3) is 0 Å². The quantitative estimate of drug-likeness (QED) is 0.316. The summed E-state index contributed by atoms with van der Waals surface area (Å²) in [7, 11) is 0. The van der Waals surface area contributed by atoms with Crippen LogP contribution in [-0.4, -0.2) is 18.5 Å². The van der Waals surface area contributed by atoms with Crippen molar-refractivity contribution >= 4 is 11.9 Å². The summed E-state index contributed by atoms with van der Waals surface area (Å²) >= 11 is 0. The molecular weight excluding hydrogens is 232 g/mol. The van der Waals surface area contributed by atoms with Crippen molar-refractivity contribution in [3.05, 3.63) is 24.0 Å². The van der Waals surface area contributed by atoms with E-state index in [1.807, 2.05) is 6.08 Å². The monoisotopic (exact) mass is 252 g/mol. The van der Waals surface area contributed by atoms with Crippen LogP contribution in [0.15, 0.2) is 24.0 Å². The van der Waals surface area contributed by atoms with Crippen molar-refractivity contribution in [2.24, 2.45) is 5.92 Å². The fraction of sp³-hybridized carbons (Fsp3) is 0.571. The zero-order valence-corrected chi connectivity index (χ0v) is 11.0. The van der Waals surface area contributed by atoms with Crippen molar-refractivity contribution in [3.8, 4) is 0 Å². The minimum atomic E-state index is -0.370. The molecule has 100 valence electrons. The lowest BCUT2D eigenvalue weighted by atomic mass is 10.0. The van der Waals surface area contributed by atoms with Gasteiger partial charge in [-0.2, -0.15) is 0 Å². The van der Waals surface area contributed by atoms with Crippen LogP contribution in [0.1, 0.15) is 39.5 Å². The SMILES string of the molecule is CCCCC/C=C1\C(=O)OC[C@H]1/C=C/OC(C)=O. The highest BCUT2D eigenvalue weighted by Gasteiger charge is 2.28. The molecule has 1 aliphatic heterocycles. The molecule has 0 saturated carbocycles. The molecule has 0 aromatic heterocycles. The summed E-state index contributed by atoms with van der Waals surface area (Å²) in [6.07, 6.45) is 9.24. The number of hydrogen-bond acceptors (Lipinski definition) is 4. The van der Waals surface area contributed by atoms with E-state index in [-0.39, 0.29) is 17.9 Å². The van der Waals surface area contributed by atoms with Gasteiger partial charge in [0.1, 0.15) is 6.61 Å². The first kappa shape index (κ1) is 14.5. The lowest BCUT2D eigenvalue weighted by molar-refractivity contribution is -0.136. The van der Waals surface area contributed by atoms with E-state index in [4.69, 9.17) is 9.47 Å². The molecule has 1 atom stereocenters. The normalized spacial score (nSPS) is 21.6. The fourth-order valence-electron chi connectivity index (χ4n) is 1.77. The molecule has 4 heteroatoms. The van der Waals surface area contributed by atoms with Crippen LogP contribution in [0.5, 0.6) is 0 Å². The van der Waals surface area contributed by atoms with Crippen LogP contribution in [0.3, 0.4) is 0 Å². The summed E-state index contributed by atoms with van der Waals surface area (Å²) in [5, 5.41) is 0. The smallest absolute Gasteiger partial charge is 0.334 e. The number of rotatable bonds is 6. The Morgan fingerprint density at radius 1 is 1.50 bits per heavy atom. The van der Waals surface area contributed by atoms with Gasteiger partial charge in [-0.15, -0.1) is 0 Å². The Morgan fingerprint density at radius 2 is 2.28 bits per heavy atom. The first-order valence-electron chi connectivity index (χ1n) is 6.36. The maximum absolute atomic E-state index is 11.5. The fourth-order valence-corrected chi connectivity index (χ4v) is 1.77. The van der Waals surface area contributed by atoms with E-state index in [1.165, 1.54) is 13.2 Å². The predicted octanol–water partition coefficient (Wildman–Crippen LogP) is 2.74. The highest BCUT2D eigenvalue weighted by atomic mass is 16.5. The molecule has 0 aliphatic carbocycles. The summed E-state index contributed by atoms with van der Waals surface area (Å²) < 4.78 is 9.71. The van der Waals surface area contributed by atoms with Crippen LogP contribution in [-0.2, 0) is 19.1 Å². The second-order valence-electron chi connectivity index (χ2n) is 4.30. The predicted molar refractivity (Wildman–Crippen MR) is 67.6 cm³/mol. The first-order valence-corrected chi connectivity index (χ1v) is 6.36. The van der Waals surface area contributed by atoms with E-state index in [9.17, 15) is 9.59 Å². The third-order valence-corrected chi connectivity index (χ3v) is 2.75. The van der Waals surface area contributed by atoms with Crippen LogP contribution in [0, 0.1) is 5.92 Å². The number of carbonyl (C=O) groups is 2. The Hall–Kier alpha value is -1.58. The lowest BCUT2D eigenvalue weighted by Gasteiger charge is -2.01. The van der Waals surface area contributed by atoms with E-state index < -0.39 is 0 Å². The molecule has 1 rings (SSSR count). The second kappa shape index (κ2) is 7.69. The number of ether oxygens (including phenoxy) is 2. The molecule has 1 heterocycles. The maximum atomic E-state index is 11.5. The molecular formula is C14H20O4. The van der Waals surface area contributed by atoms with Crippen LogP contribution in [0.4, 0.5) is 0 Å². The highest BCUT2D eigenvalue weighted by molar-refractivity contribution is 5.91. The Morgan fingerprint density at radius 3 is 2.94 bits per heavy atom. The van der Waals surface area contributed by atoms with E-state index in [1.54, 1.807) is 6.08 Å². The van der Waals surface area contributed by atoms with Crippen molar-refractivity contribution < 1.29 is 19.1 Å². The van der Waals surface area contributed by atoms with Gasteiger partial charge >= 0.3 is 11.9 Å². The molecule has 0 unspecified atom stereocenters. The Balaban J connectivity index is 2.53. The molecule has 1 fully saturated rings. The number of cyclic esters (lactones) is 1. The molecule has 0 aromatic carbocycles. The van der Waals surface area contributed by atoms with Crippen LogP contribution >= 0.6 is 0 Å². The second-order valence-corrected chi connectivity index (χ2v) is 4.30. The summed E-state index contributed by atoms with van der Waals surface area (Å²) in [4.78, 5) is 22.1. The molecule has 0 aromatic rings. The van der Waals surface area contributed by atoms with Gasteiger partial charge in [-0.05, 0) is 18.9 Å². The Bertz CT molecular complexity index is 355. The molecule has 18 heavy (non-hydrogen) atoms. The van der Waals surface area contributed by atoms with E-state index in [0.717, 1.165) is 25.7 Å². The maximum Gasteiger partial charge on any atom is 0.334 e. The van der Waals surface area contributed by atoms with Crippen molar-refractivity contribution in [3.63, 3.8) is 0 Å². The molecule has 0 spiro atoms. The Labute approximate surface area is 108 Å². The molecule has 0 bridgehead atoms. The zero-order chi connectivity index (χ0) is 13.4. The number of allylic oxidation sites excluding steroid dienone is 1. The van der Waals surface area contributed by atoms with E-state index in [0.29, 0.717) is 12.2 Å². The van der Waals surface area contributed by atoms with Gasteiger partial charge < -0.3 is 9.47 Å². The zero-order valence-electron chi connectivity index (χ0n) is 11.0. The van der Waals surface area contributed by atoms with Crippen molar-refractivity contribution in [1.82, 2.24) is 0 Å². The molecule has 4 nitrogen and oxygen atoms in total. The molecule has 0 radical (unpaired) electrons. The van der Waals surface area contributed by atoms with Crippen molar-refractivity contribution in [2.45, 2.75) is 39.5 Å². The number of esters is 2. The molecule has 0 amide bonds. The summed E-state index contributed by atoms with van der Waals surface area (Å²) in [5.41, 5.74) is 0.675. The topological polar surface area (TPSA) is 52.6 Å². The summed E-state index contributed by atoms with van der Waals surface area (Å²) in [6, 6.07) is 0. The number of carbonyl (C=O) groups excluding carboxylic acids is 2. The van der Waals surface area contributed by atoms with Crippen molar-refractivity contribution in [1.29, 1.82) is 0 Å². The summed E-state index contributed by atoms with van der Waals surface area (Å²) in [6.45, 7) is 3.81. The van der Waals surface area contributed by atoms with E-state index >= 15 is 0 Å². The molecule has 1 aliphatic rings. The third kappa shape index (κ3) is 4.73. The lowest BCUT2D eigenvalue weighted by Crippen LogP contribution is -2.01. The van der Waals surface area contributed by atoms with Crippen LogP contribution < -0.4 is 0 Å². The highest BCUT2D eigenvalue weighted by Crippen LogP contribution is 2.23. The van der Waals surface area contributed by atoms with Gasteiger partial charge in [0.05, 0.1) is 6.26 Å². The van der Waals surface area contributed by atoms with Gasteiger partial charge in [-0.3, -0.25) is 4.79 Å². The van der Waals surface area contributed by atoms with Crippen LogP contribution in [0.2, 0.25) is 0 Å².